The van der Waals surface area contributed by atoms with Gasteiger partial charge in [-0.25, -0.2) is 4.98 Å². The number of rotatable bonds is 14. The first-order chi connectivity index (χ1) is 42.2. The van der Waals surface area contributed by atoms with Gasteiger partial charge in [-0.1, -0.05) is 73.8 Å². The summed E-state index contributed by atoms with van der Waals surface area (Å²) in [5.74, 6) is -0.493. The number of ether oxygens (including phenoxy) is 2. The number of hydrogen-bond donors (Lipinski definition) is 6. The second kappa shape index (κ2) is 27.3. The molecule has 24 nitrogen and oxygen atoms in total. The third kappa shape index (κ3) is 15.5. The maximum absolute atomic E-state index is 12.9. The fraction of sp³-hybridized carbons (Fsp3) is 0.217. The number of fused-ring (bicyclic) bond motifs is 4. The number of carbonyl (C=O) groups excluding carboxylic acids is 4. The van der Waals surface area contributed by atoms with Gasteiger partial charge in [0.05, 0.1) is 73.1 Å². The minimum Gasteiger partial charge on any atom is -0.497 e. The van der Waals surface area contributed by atoms with E-state index >= 15 is 0 Å². The van der Waals surface area contributed by atoms with Gasteiger partial charge in [0.25, 0.3) is 36.3 Å². The second-order valence-corrected chi connectivity index (χ2v) is 27.5. The number of carbonyl (C=O) groups is 4. The number of azo groups is 2. The summed E-state index contributed by atoms with van der Waals surface area (Å²) < 4.78 is 110. The fourth-order valence-corrected chi connectivity index (χ4v) is 13.1. The zero-order valence-electron chi connectivity index (χ0n) is 48.2. The number of amides is 1. The second-order valence-electron chi connectivity index (χ2n) is 21.0. The van der Waals surface area contributed by atoms with Crippen molar-refractivity contribution in [3.05, 3.63) is 167 Å². The Kier molecular flexibility index (Phi) is 20.7. The highest BCUT2D eigenvalue weighted by Crippen LogP contribution is 2.42. The van der Waals surface area contributed by atoms with E-state index in [1.165, 1.54) is 65.7 Å². The van der Waals surface area contributed by atoms with Crippen molar-refractivity contribution in [2.75, 3.05) is 30.9 Å². The molecule has 0 radical (unpaired) electrons. The van der Waals surface area contributed by atoms with Gasteiger partial charge >= 0.3 is 5.97 Å². The van der Waals surface area contributed by atoms with E-state index in [4.69, 9.17) is 21.1 Å². The molecule has 10 rings (SSSR count). The van der Waals surface area contributed by atoms with Crippen molar-refractivity contribution in [1.29, 1.82) is 0 Å². The molecule has 0 spiro atoms. The number of halogens is 3. The molecule has 1 amide bonds. The van der Waals surface area contributed by atoms with E-state index < -0.39 is 73.9 Å². The van der Waals surface area contributed by atoms with Crippen LogP contribution in [0.3, 0.4) is 0 Å². The van der Waals surface area contributed by atoms with Crippen LogP contribution in [0, 0.1) is 0 Å². The Bertz CT molecular complexity index is 4590. The fourth-order valence-electron chi connectivity index (χ4n) is 9.51. The van der Waals surface area contributed by atoms with Crippen LogP contribution in [0.1, 0.15) is 60.9 Å². The highest BCUT2D eigenvalue weighted by Gasteiger charge is 2.55. The smallest absolute Gasteiger partial charge is 0.325 e. The van der Waals surface area contributed by atoms with Gasteiger partial charge in [0.1, 0.15) is 22.1 Å². The number of esters is 1. The number of hydroxylamine groups is 2. The summed E-state index contributed by atoms with van der Waals surface area (Å²) in [7, 11) is -12.7. The number of pyridine rings is 1. The first kappa shape index (κ1) is 68.1. The van der Waals surface area contributed by atoms with E-state index in [-0.39, 0.29) is 66.8 Å². The van der Waals surface area contributed by atoms with Crippen molar-refractivity contribution >= 4 is 163 Å². The van der Waals surface area contributed by atoms with Crippen LogP contribution < -0.4 is 15.4 Å². The monoisotopic (exact) mass is 1430 g/mol. The largest absolute Gasteiger partial charge is 0.497 e. The molecular weight excluding hydrogens is 1380 g/mol. The van der Waals surface area contributed by atoms with Crippen LogP contribution in [0.5, 0.6) is 5.75 Å². The number of Topliss-reactive ketones (excluding diaryl/α,β-unsaturated/α-hetero) is 2. The minimum absolute atomic E-state index is 0.0580. The Hall–Kier alpha value is -7.81. The van der Waals surface area contributed by atoms with Gasteiger partial charge in [0.2, 0.25) is 0 Å². The van der Waals surface area contributed by atoms with Crippen LogP contribution in [-0.2, 0) is 44.7 Å². The lowest BCUT2D eigenvalue weighted by atomic mass is 9.81. The molecule has 1 aromatic heterocycles. The van der Waals surface area contributed by atoms with Crippen LogP contribution >= 0.6 is 43.5 Å². The summed E-state index contributed by atoms with van der Waals surface area (Å²) in [6.07, 6.45) is 1.02. The van der Waals surface area contributed by atoms with Gasteiger partial charge in [0.15, 0.2) is 17.6 Å². The van der Waals surface area contributed by atoms with Crippen LogP contribution in [0.15, 0.2) is 176 Å². The van der Waals surface area contributed by atoms with Gasteiger partial charge in [-0.2, -0.15) is 50.8 Å². The molecule has 8 aromatic rings. The highest BCUT2D eigenvalue weighted by atomic mass is 79.9. The van der Waals surface area contributed by atoms with Gasteiger partial charge in [-0.3, -0.25) is 32.8 Å². The molecule has 0 saturated carbocycles. The topological polar surface area (TPSA) is 360 Å². The third-order valence-corrected chi connectivity index (χ3v) is 20.1. The van der Waals surface area contributed by atoms with Crippen molar-refractivity contribution in [2.45, 2.75) is 71.2 Å². The molecule has 7 aromatic carbocycles. The number of nitrogens with zero attached hydrogens (tertiary/aromatic N) is 6. The number of methoxy groups -OCH3 is 1. The molecular formula is C60H55Br2ClN8O16S3. The number of anilines is 2. The van der Waals surface area contributed by atoms with Crippen LogP contribution in [-0.4, -0.2) is 125 Å². The van der Waals surface area contributed by atoms with E-state index in [0.717, 1.165) is 45.4 Å². The minimum atomic E-state index is -4.88. The summed E-state index contributed by atoms with van der Waals surface area (Å²) in [5.41, 5.74) is 2.74. The molecule has 1 saturated heterocycles. The lowest BCUT2D eigenvalue weighted by Crippen LogP contribution is -2.69. The van der Waals surface area contributed by atoms with Crippen LogP contribution in [0.2, 0.25) is 5.02 Å². The highest BCUT2D eigenvalue weighted by molar-refractivity contribution is 9.10. The Balaban J connectivity index is 0.000000224. The van der Waals surface area contributed by atoms with Crippen molar-refractivity contribution in [2.24, 2.45) is 20.5 Å². The quantitative estimate of drug-likeness (QED) is 0.0194. The van der Waals surface area contributed by atoms with Crippen molar-refractivity contribution in [3.63, 3.8) is 0 Å². The molecule has 2 heterocycles. The first-order valence-electron chi connectivity index (χ1n) is 26.7. The summed E-state index contributed by atoms with van der Waals surface area (Å²) >= 11 is 12.7. The van der Waals surface area contributed by atoms with Gasteiger partial charge in [0, 0.05) is 43.6 Å². The van der Waals surface area contributed by atoms with Crippen LogP contribution in [0.25, 0.3) is 37.5 Å². The Morgan fingerprint density at radius 1 is 0.689 bits per heavy atom. The molecule has 0 bridgehead atoms. The molecule has 1 aliphatic carbocycles. The number of piperidine rings is 1. The van der Waals surface area contributed by atoms with E-state index in [1.54, 1.807) is 56.5 Å². The van der Waals surface area contributed by atoms with Gasteiger partial charge < -0.3 is 25.3 Å². The molecule has 1 aliphatic heterocycles. The Morgan fingerprint density at radius 3 is 1.91 bits per heavy atom. The number of benzene rings is 7. The molecule has 6 N–H and O–H groups in total. The molecule has 470 valence electrons. The van der Waals surface area contributed by atoms with E-state index in [9.17, 15) is 63.3 Å². The number of aromatic nitrogens is 1. The van der Waals surface area contributed by atoms with E-state index in [1.807, 2.05) is 52.0 Å². The van der Waals surface area contributed by atoms with Crippen molar-refractivity contribution in [1.82, 2.24) is 10.0 Å². The number of ketones is 2. The predicted molar refractivity (Wildman–Crippen MR) is 345 cm³/mol. The first-order valence-corrected chi connectivity index (χ1v) is 33.2. The summed E-state index contributed by atoms with van der Waals surface area (Å²) in [4.78, 5) is 51.3. The average molecular weight is 1440 g/mol. The molecule has 90 heavy (non-hydrogen) atoms. The van der Waals surface area contributed by atoms with Gasteiger partial charge in [-0.05, 0) is 155 Å². The van der Waals surface area contributed by atoms with E-state index in [0.29, 0.717) is 29.1 Å². The molecule has 1 fully saturated rings. The zero-order valence-corrected chi connectivity index (χ0v) is 54.6. The Morgan fingerprint density at radius 2 is 1.30 bits per heavy atom. The SMILES string of the molecule is CC1(C)C(Br)C(=O)C(Br)C(C)(C)N1O.CCOC(=O)CNc1c2ccc(Cl)cc2nc2ccc(OC)cc12.O=C(Nc1ccc(N=Nc2ccc3cc(S(=O)(=O)O)cc(S(=O)(=O)O)c3c2)cc1)c1ccc(N=NC2C=C(S(=O)(=O)O)c3ccccc3C2=O)cc1. The van der Waals surface area contributed by atoms with Crippen molar-refractivity contribution in [3.8, 4) is 5.75 Å². The normalized spacial score (nSPS) is 17.4. The standard InChI is InChI=1S/C33H23N5O11S3.C18H17ClN2O3.C9H15Br2NO2/c39-32-27-4-2-1-3-26(27)31(52(47,48)49)18-29(32)38-36-22-8-5-19(6-9-22)33(40)34-21-11-13-23(14-12-21)35-37-24-10-7-20-15-25(50(41,42)43)17-30(28(20)16-24)51(44,45)46;1-3-24-17(22)10-20-18-13-6-4-11(19)8-16(13)21-15-7-5-12(23-2)9-14(15)18;1-8(2)6(10)5(13)7(11)9(3,4)12(8)14/h1-18,29H,(H,34,40)(H,41,42,43)(H,44,45,46)(H,47,48,49);4-9H,3,10H2,1-2H3,(H,20,21);6-7,14H,1-4H3. The molecule has 3 unspecified atom stereocenters. The number of hydrogen-bond acceptors (Lipinski definition) is 20. The Labute approximate surface area is 537 Å². The van der Waals surface area contributed by atoms with Crippen LogP contribution in [0.4, 0.5) is 28.4 Å². The predicted octanol–water partition coefficient (Wildman–Crippen LogP) is 12.9. The lowest BCUT2D eigenvalue weighted by molar-refractivity contribution is -0.231. The summed E-state index contributed by atoms with van der Waals surface area (Å²) in [5, 5.41) is 35.7. The average Bonchev–Trinajstić information content (AvgIpc) is 0.849. The van der Waals surface area contributed by atoms with E-state index in [2.05, 4.69) is 67.9 Å². The number of alkyl halides is 2. The van der Waals surface area contributed by atoms with Crippen molar-refractivity contribution < 1.29 is 72.8 Å². The van der Waals surface area contributed by atoms with Gasteiger partial charge in [-0.15, -0.1) is 0 Å². The molecule has 2 aliphatic rings. The zero-order chi connectivity index (χ0) is 65.8. The maximum atomic E-state index is 12.9. The molecule has 3 atom stereocenters. The lowest BCUT2D eigenvalue weighted by Gasteiger charge is -2.52. The molecule has 30 heteroatoms. The third-order valence-electron chi connectivity index (χ3n) is 14.1. The summed E-state index contributed by atoms with van der Waals surface area (Å²) in [6.45, 7) is 9.55. The summed E-state index contributed by atoms with van der Waals surface area (Å²) in [6, 6.07) is 33.5. The number of nitrogens with one attached hydrogen (secondary N) is 2. The maximum Gasteiger partial charge on any atom is 0.325 e.